The summed E-state index contributed by atoms with van der Waals surface area (Å²) in [5, 5.41) is 7.09. The zero-order chi connectivity index (χ0) is 19.7. The number of H-pyrrole nitrogens is 1. The summed E-state index contributed by atoms with van der Waals surface area (Å²) in [6.45, 7) is 1.72. The van der Waals surface area contributed by atoms with Gasteiger partial charge in [-0.2, -0.15) is 0 Å². The third-order valence-electron chi connectivity index (χ3n) is 4.34. The SMILES string of the molecule is CC(=O)c1c[nH]c(C(=O)Nc2cccc(Cn3nc4ccccn4c3=O)c2)c1. The molecule has 0 radical (unpaired) electrons. The number of pyridine rings is 1. The van der Waals surface area contributed by atoms with Crippen molar-refractivity contribution in [1.29, 1.82) is 0 Å². The molecule has 8 heteroatoms. The zero-order valence-electron chi connectivity index (χ0n) is 15.0. The van der Waals surface area contributed by atoms with E-state index in [1.807, 2.05) is 12.1 Å². The van der Waals surface area contributed by atoms with Crippen LogP contribution in [0.4, 0.5) is 5.69 Å². The molecular weight excluding hydrogens is 358 g/mol. The molecule has 0 atom stereocenters. The van der Waals surface area contributed by atoms with E-state index in [0.717, 1.165) is 5.56 Å². The fraction of sp³-hybridized carbons (Fsp3) is 0.100. The van der Waals surface area contributed by atoms with E-state index in [0.29, 0.717) is 22.6 Å². The number of Topliss-reactive ketones (excluding diaryl/α,β-unsaturated/α-hetero) is 1. The lowest BCUT2D eigenvalue weighted by Gasteiger charge is -2.06. The first kappa shape index (κ1) is 17.5. The Morgan fingerprint density at radius 2 is 2.00 bits per heavy atom. The van der Waals surface area contributed by atoms with E-state index in [4.69, 9.17) is 0 Å². The Morgan fingerprint density at radius 3 is 2.75 bits per heavy atom. The Hall–Kier alpha value is -3.94. The van der Waals surface area contributed by atoms with Crippen LogP contribution in [0.3, 0.4) is 0 Å². The number of rotatable bonds is 5. The van der Waals surface area contributed by atoms with E-state index in [1.54, 1.807) is 36.5 Å². The maximum atomic E-state index is 12.4. The number of nitrogens with zero attached hydrogens (tertiary/aromatic N) is 3. The molecule has 1 aromatic carbocycles. The van der Waals surface area contributed by atoms with E-state index in [2.05, 4.69) is 15.4 Å². The van der Waals surface area contributed by atoms with Crippen molar-refractivity contribution in [1.82, 2.24) is 19.2 Å². The number of ketones is 1. The van der Waals surface area contributed by atoms with Gasteiger partial charge in [0.25, 0.3) is 5.91 Å². The van der Waals surface area contributed by atoms with Crippen molar-refractivity contribution >= 4 is 23.0 Å². The molecule has 28 heavy (non-hydrogen) atoms. The van der Waals surface area contributed by atoms with Gasteiger partial charge in [0.05, 0.1) is 6.54 Å². The summed E-state index contributed by atoms with van der Waals surface area (Å²) in [4.78, 5) is 38.9. The van der Waals surface area contributed by atoms with Crippen molar-refractivity contribution in [2.24, 2.45) is 0 Å². The van der Waals surface area contributed by atoms with Gasteiger partial charge in [-0.1, -0.05) is 18.2 Å². The van der Waals surface area contributed by atoms with Gasteiger partial charge in [0.15, 0.2) is 11.4 Å². The van der Waals surface area contributed by atoms with Crippen molar-refractivity contribution in [3.63, 3.8) is 0 Å². The van der Waals surface area contributed by atoms with Crippen LogP contribution in [0, 0.1) is 0 Å². The number of hydrogen-bond acceptors (Lipinski definition) is 4. The monoisotopic (exact) mass is 375 g/mol. The van der Waals surface area contributed by atoms with Crippen LogP contribution in [-0.4, -0.2) is 30.9 Å². The van der Waals surface area contributed by atoms with Gasteiger partial charge in [0, 0.05) is 23.6 Å². The Balaban J connectivity index is 1.54. The number of fused-ring (bicyclic) bond motifs is 1. The van der Waals surface area contributed by atoms with Crippen molar-refractivity contribution in [3.05, 3.63) is 88.2 Å². The van der Waals surface area contributed by atoms with Gasteiger partial charge >= 0.3 is 5.69 Å². The Kier molecular flexibility index (Phi) is 4.36. The minimum atomic E-state index is -0.352. The molecule has 0 aliphatic rings. The highest BCUT2D eigenvalue weighted by molar-refractivity contribution is 6.05. The highest BCUT2D eigenvalue weighted by Crippen LogP contribution is 2.14. The first-order valence-electron chi connectivity index (χ1n) is 8.65. The van der Waals surface area contributed by atoms with Gasteiger partial charge in [0.1, 0.15) is 5.69 Å². The number of carbonyl (C=O) groups excluding carboxylic acids is 2. The molecule has 3 aromatic heterocycles. The van der Waals surface area contributed by atoms with Gasteiger partial charge in [0.2, 0.25) is 0 Å². The number of anilines is 1. The Labute approximate surface area is 159 Å². The van der Waals surface area contributed by atoms with Crippen LogP contribution in [0.2, 0.25) is 0 Å². The van der Waals surface area contributed by atoms with Crippen molar-refractivity contribution < 1.29 is 9.59 Å². The third-order valence-corrected chi connectivity index (χ3v) is 4.34. The second kappa shape index (κ2) is 6.99. The topological polar surface area (TPSA) is 101 Å². The van der Waals surface area contributed by atoms with Gasteiger partial charge in [-0.15, -0.1) is 5.10 Å². The lowest BCUT2D eigenvalue weighted by molar-refractivity contribution is 0.101. The van der Waals surface area contributed by atoms with Crippen molar-refractivity contribution in [2.45, 2.75) is 13.5 Å². The summed E-state index contributed by atoms with van der Waals surface area (Å²) < 4.78 is 2.85. The fourth-order valence-corrected chi connectivity index (χ4v) is 2.92. The number of aromatic nitrogens is 4. The first-order valence-corrected chi connectivity index (χ1v) is 8.65. The van der Waals surface area contributed by atoms with Crippen LogP contribution in [0.15, 0.2) is 65.7 Å². The average Bonchev–Trinajstić information content (AvgIpc) is 3.29. The maximum Gasteiger partial charge on any atom is 0.350 e. The van der Waals surface area contributed by atoms with Crippen LogP contribution < -0.4 is 11.0 Å². The smallest absolute Gasteiger partial charge is 0.350 e. The van der Waals surface area contributed by atoms with E-state index < -0.39 is 0 Å². The molecule has 0 unspecified atom stereocenters. The minimum absolute atomic E-state index is 0.116. The highest BCUT2D eigenvalue weighted by Gasteiger charge is 2.12. The van der Waals surface area contributed by atoms with Gasteiger partial charge in [-0.25, -0.2) is 9.48 Å². The van der Waals surface area contributed by atoms with Gasteiger partial charge < -0.3 is 10.3 Å². The lowest BCUT2D eigenvalue weighted by atomic mass is 10.2. The molecule has 0 saturated carbocycles. The van der Waals surface area contributed by atoms with Gasteiger partial charge in [-0.05, 0) is 42.8 Å². The van der Waals surface area contributed by atoms with Crippen LogP contribution in [0.1, 0.15) is 33.3 Å². The normalized spacial score (nSPS) is 10.9. The molecule has 0 aliphatic heterocycles. The molecule has 0 bridgehead atoms. The number of benzene rings is 1. The minimum Gasteiger partial charge on any atom is -0.356 e. The number of nitrogens with one attached hydrogen (secondary N) is 2. The second-order valence-electron chi connectivity index (χ2n) is 6.38. The van der Waals surface area contributed by atoms with Crippen LogP contribution in [0.5, 0.6) is 0 Å². The summed E-state index contributed by atoms with van der Waals surface area (Å²) in [6.07, 6.45) is 3.17. The molecule has 140 valence electrons. The molecule has 0 fully saturated rings. The van der Waals surface area contributed by atoms with Crippen LogP contribution in [0.25, 0.3) is 5.65 Å². The zero-order valence-corrected chi connectivity index (χ0v) is 15.0. The summed E-state index contributed by atoms with van der Waals surface area (Å²) in [5.41, 5.74) is 2.49. The highest BCUT2D eigenvalue weighted by atomic mass is 16.2. The number of hydrogen-bond donors (Lipinski definition) is 2. The van der Waals surface area contributed by atoms with Crippen LogP contribution >= 0.6 is 0 Å². The summed E-state index contributed by atoms with van der Waals surface area (Å²) in [5.74, 6) is -0.468. The predicted octanol–water partition coefficient (Wildman–Crippen LogP) is 2.33. The molecule has 8 nitrogen and oxygen atoms in total. The third kappa shape index (κ3) is 3.35. The van der Waals surface area contributed by atoms with Gasteiger partial charge in [-0.3, -0.25) is 14.0 Å². The first-order chi connectivity index (χ1) is 13.5. The molecule has 1 amide bonds. The van der Waals surface area contributed by atoms with E-state index >= 15 is 0 Å². The summed E-state index contributed by atoms with van der Waals surface area (Å²) >= 11 is 0. The molecule has 2 N–H and O–H groups in total. The summed E-state index contributed by atoms with van der Waals surface area (Å²) in [6, 6.07) is 14.1. The molecule has 0 spiro atoms. The molecular formula is C20H17N5O3. The standard InChI is InChI=1S/C20H17N5O3/c1-13(26)15-10-17(21-11-15)19(27)22-16-6-4-5-14(9-16)12-25-20(28)24-8-3-2-7-18(24)23-25/h2-11,21H,12H2,1H3,(H,22,27). The largest absolute Gasteiger partial charge is 0.356 e. The quantitative estimate of drug-likeness (QED) is 0.523. The Bertz CT molecular complexity index is 1250. The molecule has 4 aromatic rings. The molecule has 4 rings (SSSR count). The van der Waals surface area contributed by atoms with E-state index in [1.165, 1.54) is 28.3 Å². The fourth-order valence-electron chi connectivity index (χ4n) is 2.92. The molecule has 0 saturated heterocycles. The second-order valence-corrected chi connectivity index (χ2v) is 6.38. The molecule has 0 aliphatic carbocycles. The average molecular weight is 375 g/mol. The number of carbonyl (C=O) groups is 2. The van der Waals surface area contributed by atoms with Crippen LogP contribution in [-0.2, 0) is 6.54 Å². The van der Waals surface area contributed by atoms with E-state index in [9.17, 15) is 14.4 Å². The van der Waals surface area contributed by atoms with Crippen molar-refractivity contribution in [2.75, 3.05) is 5.32 Å². The van der Waals surface area contributed by atoms with E-state index in [-0.39, 0.29) is 23.9 Å². The number of aromatic amines is 1. The Morgan fingerprint density at radius 1 is 1.14 bits per heavy atom. The maximum absolute atomic E-state index is 12.4. The predicted molar refractivity (Wildman–Crippen MR) is 104 cm³/mol. The molecule has 3 heterocycles. The van der Waals surface area contributed by atoms with Crippen molar-refractivity contribution in [3.8, 4) is 0 Å². The number of amides is 1. The summed E-state index contributed by atoms with van der Waals surface area (Å²) in [7, 11) is 0. The lowest BCUT2D eigenvalue weighted by Crippen LogP contribution is -2.21.